The van der Waals surface area contributed by atoms with Crippen LogP contribution in [-0.2, 0) is 14.8 Å². The van der Waals surface area contributed by atoms with Crippen molar-refractivity contribution in [3.8, 4) is 0 Å². The third kappa shape index (κ3) is 4.76. The maximum atomic E-state index is 13.9. The molecule has 0 unspecified atom stereocenters. The second-order valence-electron chi connectivity index (χ2n) is 5.32. The van der Waals surface area contributed by atoms with Gasteiger partial charge in [0.1, 0.15) is 17.7 Å². The normalized spacial score (nSPS) is 12.5. The summed E-state index contributed by atoms with van der Waals surface area (Å²) in [5.41, 5.74) is 0.0513. The van der Waals surface area contributed by atoms with Crippen LogP contribution in [0.2, 0.25) is 0 Å². The van der Waals surface area contributed by atoms with E-state index in [-0.39, 0.29) is 11.4 Å². The standard InChI is InChI=1S/C16H15BrF2N2O3S/c1-10(16(22)20-15-8-3-11(17)9-14(15)19)21(25(2,23)24)13-6-4-12(18)5-7-13/h3-10H,1-2H3,(H,20,22)/t10-/m1/s1. The molecule has 2 aromatic carbocycles. The van der Waals surface area contributed by atoms with Crippen LogP contribution in [0.4, 0.5) is 20.2 Å². The maximum absolute atomic E-state index is 13.9. The van der Waals surface area contributed by atoms with Crippen molar-refractivity contribution in [2.75, 3.05) is 15.9 Å². The number of carbonyl (C=O) groups is 1. The predicted molar refractivity (Wildman–Crippen MR) is 95.9 cm³/mol. The minimum absolute atomic E-state index is 0.0763. The van der Waals surface area contributed by atoms with E-state index in [1.165, 1.54) is 37.3 Å². The van der Waals surface area contributed by atoms with Gasteiger partial charge in [-0.3, -0.25) is 9.10 Å². The summed E-state index contributed by atoms with van der Waals surface area (Å²) in [5, 5.41) is 2.36. The van der Waals surface area contributed by atoms with Crippen molar-refractivity contribution < 1.29 is 22.0 Å². The highest BCUT2D eigenvalue weighted by Gasteiger charge is 2.29. The quantitative estimate of drug-likeness (QED) is 0.785. The molecule has 0 heterocycles. The first-order valence-corrected chi connectivity index (χ1v) is 9.74. The fourth-order valence-electron chi connectivity index (χ4n) is 2.22. The van der Waals surface area contributed by atoms with E-state index in [0.717, 1.165) is 22.7 Å². The molecule has 0 fully saturated rings. The van der Waals surface area contributed by atoms with Crippen LogP contribution in [0.3, 0.4) is 0 Å². The topological polar surface area (TPSA) is 66.5 Å². The molecule has 0 aromatic heterocycles. The van der Waals surface area contributed by atoms with Gasteiger partial charge >= 0.3 is 0 Å². The second-order valence-corrected chi connectivity index (χ2v) is 8.10. The van der Waals surface area contributed by atoms with E-state index in [9.17, 15) is 22.0 Å². The number of sulfonamides is 1. The lowest BCUT2D eigenvalue weighted by Crippen LogP contribution is -2.45. The molecule has 5 nitrogen and oxygen atoms in total. The van der Waals surface area contributed by atoms with Crippen LogP contribution >= 0.6 is 15.9 Å². The molecule has 9 heteroatoms. The molecular formula is C16H15BrF2N2O3S. The van der Waals surface area contributed by atoms with E-state index in [1.54, 1.807) is 0 Å². The molecule has 1 atom stereocenters. The van der Waals surface area contributed by atoms with Gasteiger partial charge in [-0.1, -0.05) is 15.9 Å². The summed E-state index contributed by atoms with van der Waals surface area (Å²) in [5.74, 6) is -1.93. The number of hydrogen-bond donors (Lipinski definition) is 1. The Morgan fingerprint density at radius 3 is 2.28 bits per heavy atom. The molecule has 0 radical (unpaired) electrons. The van der Waals surface area contributed by atoms with Crippen molar-refractivity contribution in [2.24, 2.45) is 0 Å². The summed E-state index contributed by atoms with van der Waals surface area (Å²) in [6.45, 7) is 1.36. The first kappa shape index (κ1) is 19.3. The number of benzene rings is 2. The molecule has 2 aromatic rings. The van der Waals surface area contributed by atoms with Gasteiger partial charge in [-0.05, 0) is 49.4 Å². The second kappa shape index (κ2) is 7.49. The number of nitrogens with one attached hydrogen (secondary N) is 1. The van der Waals surface area contributed by atoms with Crippen LogP contribution in [0, 0.1) is 11.6 Å². The smallest absolute Gasteiger partial charge is 0.248 e. The Balaban J connectivity index is 2.31. The van der Waals surface area contributed by atoms with Crippen molar-refractivity contribution >= 4 is 43.2 Å². The van der Waals surface area contributed by atoms with Gasteiger partial charge in [0.2, 0.25) is 15.9 Å². The van der Waals surface area contributed by atoms with Crippen molar-refractivity contribution in [1.29, 1.82) is 0 Å². The van der Waals surface area contributed by atoms with Crippen LogP contribution in [0.25, 0.3) is 0 Å². The van der Waals surface area contributed by atoms with E-state index in [1.807, 2.05) is 0 Å². The Morgan fingerprint density at radius 2 is 1.76 bits per heavy atom. The van der Waals surface area contributed by atoms with Crippen LogP contribution in [0.1, 0.15) is 6.92 Å². The number of rotatable bonds is 5. The van der Waals surface area contributed by atoms with Crippen LogP contribution in [0.15, 0.2) is 46.9 Å². The first-order valence-electron chi connectivity index (χ1n) is 7.10. The van der Waals surface area contributed by atoms with Crippen molar-refractivity contribution in [1.82, 2.24) is 0 Å². The van der Waals surface area contributed by atoms with Gasteiger partial charge in [0.25, 0.3) is 0 Å². The van der Waals surface area contributed by atoms with Gasteiger partial charge in [0, 0.05) is 4.47 Å². The molecule has 0 saturated carbocycles. The number of amides is 1. The minimum atomic E-state index is -3.84. The van der Waals surface area contributed by atoms with E-state index in [2.05, 4.69) is 21.2 Å². The summed E-state index contributed by atoms with van der Waals surface area (Å²) < 4.78 is 52.5. The molecule has 134 valence electrons. The molecule has 0 aliphatic carbocycles. The third-order valence-corrected chi connectivity index (χ3v) is 5.09. The average molecular weight is 433 g/mol. The van der Waals surface area contributed by atoms with Gasteiger partial charge in [-0.25, -0.2) is 17.2 Å². The monoisotopic (exact) mass is 432 g/mol. The Bertz CT molecular complexity index is 889. The van der Waals surface area contributed by atoms with Gasteiger partial charge < -0.3 is 5.32 Å². The molecule has 2 rings (SSSR count). The van der Waals surface area contributed by atoms with Crippen molar-refractivity contribution in [3.63, 3.8) is 0 Å². The Morgan fingerprint density at radius 1 is 1.16 bits per heavy atom. The lowest BCUT2D eigenvalue weighted by Gasteiger charge is -2.28. The SMILES string of the molecule is C[C@H](C(=O)Nc1ccc(Br)cc1F)N(c1ccc(F)cc1)S(C)(=O)=O. The first-order chi connectivity index (χ1) is 11.6. The third-order valence-electron chi connectivity index (χ3n) is 3.36. The molecule has 1 amide bonds. The summed E-state index contributed by atoms with van der Waals surface area (Å²) in [6, 6.07) is 7.57. The van der Waals surface area contributed by atoms with Crippen molar-refractivity contribution in [2.45, 2.75) is 13.0 Å². The van der Waals surface area contributed by atoms with Gasteiger partial charge in [-0.15, -0.1) is 0 Å². The zero-order valence-electron chi connectivity index (χ0n) is 13.3. The highest BCUT2D eigenvalue weighted by atomic mass is 79.9. The molecule has 0 aliphatic heterocycles. The Kier molecular flexibility index (Phi) is 5.79. The van der Waals surface area contributed by atoms with E-state index < -0.39 is 33.6 Å². The van der Waals surface area contributed by atoms with E-state index >= 15 is 0 Å². The molecule has 1 N–H and O–H groups in total. The lowest BCUT2D eigenvalue weighted by molar-refractivity contribution is -0.116. The largest absolute Gasteiger partial charge is 0.322 e. The summed E-state index contributed by atoms with van der Waals surface area (Å²) >= 11 is 3.11. The zero-order valence-corrected chi connectivity index (χ0v) is 15.7. The predicted octanol–water partition coefficient (Wildman–Crippen LogP) is 3.52. The van der Waals surface area contributed by atoms with Crippen molar-refractivity contribution in [3.05, 3.63) is 58.6 Å². The fraction of sp³-hybridized carbons (Fsp3) is 0.188. The maximum Gasteiger partial charge on any atom is 0.248 e. The number of carbonyl (C=O) groups excluding carboxylic acids is 1. The Hall–Kier alpha value is -2.00. The molecule has 0 saturated heterocycles. The lowest BCUT2D eigenvalue weighted by atomic mass is 10.2. The van der Waals surface area contributed by atoms with Crippen LogP contribution < -0.4 is 9.62 Å². The number of anilines is 2. The van der Waals surface area contributed by atoms with Crippen LogP contribution in [0.5, 0.6) is 0 Å². The summed E-state index contributed by atoms with van der Waals surface area (Å²) in [6.07, 6.45) is 0.931. The molecule has 25 heavy (non-hydrogen) atoms. The molecule has 0 aliphatic rings. The minimum Gasteiger partial charge on any atom is -0.322 e. The zero-order chi connectivity index (χ0) is 18.8. The molecule has 0 spiro atoms. The van der Waals surface area contributed by atoms with Gasteiger partial charge in [0.05, 0.1) is 17.6 Å². The van der Waals surface area contributed by atoms with Crippen LogP contribution in [-0.4, -0.2) is 26.6 Å². The van der Waals surface area contributed by atoms with Gasteiger partial charge in [0.15, 0.2) is 0 Å². The summed E-state index contributed by atoms with van der Waals surface area (Å²) in [7, 11) is -3.84. The number of nitrogens with zero attached hydrogens (tertiary/aromatic N) is 1. The van der Waals surface area contributed by atoms with Gasteiger partial charge in [-0.2, -0.15) is 0 Å². The highest BCUT2D eigenvalue weighted by molar-refractivity contribution is 9.10. The number of hydrogen-bond acceptors (Lipinski definition) is 3. The molecular weight excluding hydrogens is 418 g/mol. The highest BCUT2D eigenvalue weighted by Crippen LogP contribution is 2.23. The number of halogens is 3. The molecule has 0 bridgehead atoms. The Labute approximate surface area is 152 Å². The fourth-order valence-corrected chi connectivity index (χ4v) is 3.73. The van der Waals surface area contributed by atoms with E-state index in [0.29, 0.717) is 4.47 Å². The average Bonchev–Trinajstić information content (AvgIpc) is 2.50. The summed E-state index contributed by atoms with van der Waals surface area (Å²) in [4.78, 5) is 12.4. The van der Waals surface area contributed by atoms with E-state index in [4.69, 9.17) is 0 Å².